The molecule has 0 saturated heterocycles. The molecule has 0 bridgehead atoms. The van der Waals surface area contributed by atoms with Crippen molar-refractivity contribution >= 4 is 11.6 Å². The Labute approximate surface area is 116 Å². The molecule has 0 heterocycles. The van der Waals surface area contributed by atoms with Crippen LogP contribution in [0.3, 0.4) is 0 Å². The number of rotatable bonds is 7. The van der Waals surface area contributed by atoms with Crippen LogP contribution in [0.25, 0.3) is 0 Å². The van der Waals surface area contributed by atoms with Gasteiger partial charge in [0.1, 0.15) is 0 Å². The largest absolute Gasteiger partial charge is 0.385 e. The molecule has 1 atom stereocenters. The van der Waals surface area contributed by atoms with E-state index in [0.29, 0.717) is 0 Å². The number of hydrogen-bond donors (Lipinski definition) is 2. The zero-order valence-corrected chi connectivity index (χ0v) is 12.5. The monoisotopic (exact) mass is 262 g/mol. The first kappa shape index (κ1) is 15.5. The third-order valence-electron chi connectivity index (χ3n) is 3.16. The number of amides is 1. The SMILES string of the molecule is CCCCC(C)NC(=O)c1cc(C)ccc1NCC. The van der Waals surface area contributed by atoms with E-state index in [4.69, 9.17) is 0 Å². The van der Waals surface area contributed by atoms with E-state index in [0.717, 1.165) is 42.6 Å². The van der Waals surface area contributed by atoms with E-state index in [1.165, 1.54) is 0 Å². The molecule has 106 valence electrons. The molecule has 0 aliphatic heterocycles. The van der Waals surface area contributed by atoms with Crippen LogP contribution in [0.1, 0.15) is 56.0 Å². The second-order valence-corrected chi connectivity index (χ2v) is 5.10. The molecule has 1 aromatic rings. The van der Waals surface area contributed by atoms with E-state index in [1.54, 1.807) is 0 Å². The molecule has 0 saturated carbocycles. The fraction of sp³-hybridized carbons (Fsp3) is 0.562. The Morgan fingerprint density at radius 1 is 1.32 bits per heavy atom. The van der Waals surface area contributed by atoms with Crippen LogP contribution in [0.5, 0.6) is 0 Å². The summed E-state index contributed by atoms with van der Waals surface area (Å²) in [5.41, 5.74) is 2.76. The average Bonchev–Trinajstić information content (AvgIpc) is 2.38. The molecule has 0 aliphatic carbocycles. The van der Waals surface area contributed by atoms with Gasteiger partial charge in [-0.1, -0.05) is 31.4 Å². The van der Waals surface area contributed by atoms with Crippen molar-refractivity contribution in [2.45, 2.75) is 53.0 Å². The molecule has 0 radical (unpaired) electrons. The van der Waals surface area contributed by atoms with Crippen LogP contribution >= 0.6 is 0 Å². The Balaban J connectivity index is 2.77. The number of unbranched alkanes of at least 4 members (excludes halogenated alkanes) is 1. The van der Waals surface area contributed by atoms with Gasteiger partial charge in [-0.15, -0.1) is 0 Å². The lowest BCUT2D eigenvalue weighted by Crippen LogP contribution is -2.33. The summed E-state index contributed by atoms with van der Waals surface area (Å²) < 4.78 is 0. The van der Waals surface area contributed by atoms with Crippen molar-refractivity contribution < 1.29 is 4.79 Å². The van der Waals surface area contributed by atoms with Crippen LogP contribution in [0, 0.1) is 6.92 Å². The summed E-state index contributed by atoms with van der Waals surface area (Å²) in [7, 11) is 0. The number of aryl methyl sites for hydroxylation is 1. The Morgan fingerprint density at radius 3 is 2.68 bits per heavy atom. The predicted octanol–water partition coefficient (Wildman–Crippen LogP) is 3.74. The standard InChI is InChI=1S/C16H26N2O/c1-5-7-8-13(4)18-16(19)14-11-12(3)9-10-15(14)17-6-2/h9-11,13,17H,5-8H2,1-4H3,(H,18,19). The van der Waals surface area contributed by atoms with Crippen molar-refractivity contribution in [2.24, 2.45) is 0 Å². The van der Waals surface area contributed by atoms with Gasteiger partial charge in [-0.05, 0) is 39.3 Å². The van der Waals surface area contributed by atoms with E-state index in [-0.39, 0.29) is 11.9 Å². The van der Waals surface area contributed by atoms with Gasteiger partial charge in [0.25, 0.3) is 5.91 Å². The van der Waals surface area contributed by atoms with Crippen LogP contribution < -0.4 is 10.6 Å². The molecule has 1 unspecified atom stereocenters. The number of benzene rings is 1. The fourth-order valence-corrected chi connectivity index (χ4v) is 2.07. The van der Waals surface area contributed by atoms with Crippen molar-refractivity contribution in [3.8, 4) is 0 Å². The highest BCUT2D eigenvalue weighted by molar-refractivity contribution is 6.00. The van der Waals surface area contributed by atoms with Crippen LogP contribution in [0.15, 0.2) is 18.2 Å². The number of anilines is 1. The van der Waals surface area contributed by atoms with Crippen LogP contribution in [-0.2, 0) is 0 Å². The van der Waals surface area contributed by atoms with E-state index >= 15 is 0 Å². The molecule has 0 spiro atoms. The molecule has 1 rings (SSSR count). The zero-order chi connectivity index (χ0) is 14.3. The van der Waals surface area contributed by atoms with Gasteiger partial charge in [0.05, 0.1) is 5.56 Å². The molecule has 2 N–H and O–H groups in total. The van der Waals surface area contributed by atoms with E-state index in [2.05, 4.69) is 24.5 Å². The minimum Gasteiger partial charge on any atom is -0.385 e. The van der Waals surface area contributed by atoms with Gasteiger partial charge in [-0.25, -0.2) is 0 Å². The normalized spacial score (nSPS) is 12.0. The summed E-state index contributed by atoms with van der Waals surface area (Å²) in [5, 5.41) is 6.32. The van der Waals surface area contributed by atoms with Crippen LogP contribution in [-0.4, -0.2) is 18.5 Å². The van der Waals surface area contributed by atoms with Gasteiger partial charge in [-0.3, -0.25) is 4.79 Å². The smallest absolute Gasteiger partial charge is 0.253 e. The zero-order valence-electron chi connectivity index (χ0n) is 12.5. The molecule has 19 heavy (non-hydrogen) atoms. The van der Waals surface area contributed by atoms with Gasteiger partial charge in [0.15, 0.2) is 0 Å². The summed E-state index contributed by atoms with van der Waals surface area (Å²) in [4.78, 5) is 12.3. The second-order valence-electron chi connectivity index (χ2n) is 5.10. The maximum absolute atomic E-state index is 12.3. The van der Waals surface area contributed by atoms with E-state index < -0.39 is 0 Å². The second kappa shape index (κ2) is 7.82. The lowest BCUT2D eigenvalue weighted by molar-refractivity contribution is 0.0938. The van der Waals surface area contributed by atoms with Crippen molar-refractivity contribution in [3.63, 3.8) is 0 Å². The third kappa shape index (κ3) is 4.93. The number of carbonyl (C=O) groups excluding carboxylic acids is 1. The molecule has 1 aromatic carbocycles. The molecule has 3 heteroatoms. The summed E-state index contributed by atoms with van der Waals surface area (Å²) in [6.45, 7) is 9.09. The average molecular weight is 262 g/mol. The minimum atomic E-state index is 0.0169. The summed E-state index contributed by atoms with van der Waals surface area (Å²) in [6, 6.07) is 6.17. The third-order valence-corrected chi connectivity index (χ3v) is 3.16. The lowest BCUT2D eigenvalue weighted by Gasteiger charge is -2.16. The highest BCUT2D eigenvalue weighted by Crippen LogP contribution is 2.17. The van der Waals surface area contributed by atoms with Crippen molar-refractivity contribution in [1.29, 1.82) is 0 Å². The Morgan fingerprint density at radius 2 is 2.05 bits per heavy atom. The topological polar surface area (TPSA) is 41.1 Å². The molecule has 1 amide bonds. The minimum absolute atomic E-state index is 0.0169. The fourth-order valence-electron chi connectivity index (χ4n) is 2.07. The molecular formula is C16H26N2O. The van der Waals surface area contributed by atoms with Crippen LogP contribution in [0.2, 0.25) is 0 Å². The van der Waals surface area contributed by atoms with Gasteiger partial charge in [-0.2, -0.15) is 0 Å². The maximum Gasteiger partial charge on any atom is 0.253 e. The van der Waals surface area contributed by atoms with Crippen molar-refractivity contribution in [2.75, 3.05) is 11.9 Å². The molecule has 3 nitrogen and oxygen atoms in total. The first-order valence-electron chi connectivity index (χ1n) is 7.23. The van der Waals surface area contributed by atoms with E-state index in [1.807, 2.05) is 32.0 Å². The summed E-state index contributed by atoms with van der Waals surface area (Å²) in [5.74, 6) is 0.0169. The molecular weight excluding hydrogens is 236 g/mol. The summed E-state index contributed by atoms with van der Waals surface area (Å²) >= 11 is 0. The number of nitrogens with one attached hydrogen (secondary N) is 2. The van der Waals surface area contributed by atoms with Gasteiger partial charge in [0.2, 0.25) is 0 Å². The Kier molecular flexibility index (Phi) is 6.40. The van der Waals surface area contributed by atoms with Crippen molar-refractivity contribution in [1.82, 2.24) is 5.32 Å². The quantitative estimate of drug-likeness (QED) is 0.786. The van der Waals surface area contributed by atoms with Gasteiger partial charge in [0, 0.05) is 18.3 Å². The molecule has 0 aromatic heterocycles. The predicted molar refractivity (Wildman–Crippen MR) is 81.8 cm³/mol. The highest BCUT2D eigenvalue weighted by Gasteiger charge is 2.13. The molecule has 0 fully saturated rings. The lowest BCUT2D eigenvalue weighted by atomic mass is 10.1. The first-order chi connectivity index (χ1) is 9.08. The number of carbonyl (C=O) groups is 1. The molecule has 0 aliphatic rings. The van der Waals surface area contributed by atoms with Crippen molar-refractivity contribution in [3.05, 3.63) is 29.3 Å². The highest BCUT2D eigenvalue weighted by atomic mass is 16.1. The van der Waals surface area contributed by atoms with E-state index in [9.17, 15) is 4.79 Å². The maximum atomic E-state index is 12.3. The van der Waals surface area contributed by atoms with Gasteiger partial charge >= 0.3 is 0 Å². The van der Waals surface area contributed by atoms with Crippen LogP contribution in [0.4, 0.5) is 5.69 Å². The first-order valence-corrected chi connectivity index (χ1v) is 7.23. The Bertz CT molecular complexity index is 415. The number of hydrogen-bond acceptors (Lipinski definition) is 2. The summed E-state index contributed by atoms with van der Waals surface area (Å²) in [6.07, 6.45) is 3.34. The Hall–Kier alpha value is -1.51. The van der Waals surface area contributed by atoms with Gasteiger partial charge < -0.3 is 10.6 Å².